The zero-order valence-electron chi connectivity index (χ0n) is 22.6. The predicted molar refractivity (Wildman–Crippen MR) is 154 cm³/mol. The van der Waals surface area contributed by atoms with Crippen LogP contribution in [0.1, 0.15) is 37.3 Å². The number of rotatable bonds is 10. The number of nitrogens with zero attached hydrogens (tertiary/aromatic N) is 3. The van der Waals surface area contributed by atoms with Crippen molar-refractivity contribution in [1.29, 1.82) is 0 Å². The third-order valence-electron chi connectivity index (χ3n) is 6.62. The molecule has 0 bridgehead atoms. The summed E-state index contributed by atoms with van der Waals surface area (Å²) in [7, 11) is 0. The minimum atomic E-state index is -0.364. The number of carbonyl (C=O) groups excluding carboxylic acids is 2. The van der Waals surface area contributed by atoms with Crippen molar-refractivity contribution in [3.63, 3.8) is 0 Å². The van der Waals surface area contributed by atoms with Crippen LogP contribution in [0.4, 0.5) is 20.7 Å². The first-order valence-corrected chi connectivity index (χ1v) is 13.2. The van der Waals surface area contributed by atoms with E-state index in [9.17, 15) is 14.0 Å². The molecule has 0 radical (unpaired) electrons. The largest absolute Gasteiger partial charge is 0.322 e. The van der Waals surface area contributed by atoms with Crippen molar-refractivity contribution >= 4 is 23.4 Å². The van der Waals surface area contributed by atoms with Crippen LogP contribution in [0.15, 0.2) is 78.9 Å². The fraction of sp³-hybridized carbons (Fsp3) is 0.258. The molecule has 0 atom stereocenters. The number of aromatic nitrogens is 2. The molecule has 3 aromatic carbocycles. The van der Waals surface area contributed by atoms with Gasteiger partial charge in [-0.05, 0) is 61.7 Å². The van der Waals surface area contributed by atoms with Crippen LogP contribution >= 0.6 is 0 Å². The van der Waals surface area contributed by atoms with Crippen LogP contribution in [0.3, 0.4) is 0 Å². The van der Waals surface area contributed by atoms with E-state index in [1.807, 2.05) is 62.4 Å². The lowest BCUT2D eigenvalue weighted by Crippen LogP contribution is -2.41. The van der Waals surface area contributed by atoms with Gasteiger partial charge in [0.1, 0.15) is 18.2 Å². The first kappa shape index (κ1) is 27.6. The third kappa shape index (κ3) is 7.10. The van der Waals surface area contributed by atoms with Gasteiger partial charge in [0.25, 0.3) is 0 Å². The molecular formula is C31H34FN5O2. The van der Waals surface area contributed by atoms with Gasteiger partial charge in [-0.3, -0.25) is 4.79 Å². The van der Waals surface area contributed by atoms with Crippen molar-refractivity contribution < 1.29 is 14.0 Å². The van der Waals surface area contributed by atoms with Gasteiger partial charge >= 0.3 is 6.03 Å². The molecule has 0 spiro atoms. The molecule has 0 fully saturated rings. The summed E-state index contributed by atoms with van der Waals surface area (Å²) in [6, 6.07) is 22.7. The summed E-state index contributed by atoms with van der Waals surface area (Å²) in [5.74, 6) is -0.295. The Hall–Kier alpha value is -4.46. The lowest BCUT2D eigenvalue weighted by molar-refractivity contribution is -0.116. The van der Waals surface area contributed by atoms with E-state index in [4.69, 9.17) is 0 Å². The quantitative estimate of drug-likeness (QED) is 0.219. The Kier molecular flexibility index (Phi) is 9.10. The number of halogens is 1. The van der Waals surface area contributed by atoms with E-state index in [0.717, 1.165) is 41.6 Å². The first-order valence-electron chi connectivity index (χ1n) is 13.2. The van der Waals surface area contributed by atoms with Crippen molar-refractivity contribution in [3.05, 3.63) is 95.8 Å². The second-order valence-corrected chi connectivity index (χ2v) is 9.52. The lowest BCUT2D eigenvalue weighted by atomic mass is 10.1. The SMILES string of the molecule is CCCCCN(CC(=O)Nc1cc(-c2ccccc2)nn1-c1ccc(F)cc1)C(=O)Nc1cccc(C)c1C. The Morgan fingerprint density at radius 3 is 2.38 bits per heavy atom. The number of amides is 3. The topological polar surface area (TPSA) is 79.3 Å². The van der Waals surface area contributed by atoms with E-state index in [0.29, 0.717) is 23.7 Å². The van der Waals surface area contributed by atoms with Gasteiger partial charge in [-0.2, -0.15) is 5.10 Å². The Balaban J connectivity index is 1.56. The van der Waals surface area contributed by atoms with Gasteiger partial charge in [0, 0.05) is 23.9 Å². The molecule has 0 aliphatic heterocycles. The zero-order chi connectivity index (χ0) is 27.8. The van der Waals surface area contributed by atoms with Crippen molar-refractivity contribution in [2.75, 3.05) is 23.7 Å². The highest BCUT2D eigenvalue weighted by molar-refractivity contribution is 5.97. The van der Waals surface area contributed by atoms with Gasteiger partial charge in [-0.1, -0.05) is 62.2 Å². The van der Waals surface area contributed by atoms with Crippen LogP contribution < -0.4 is 10.6 Å². The van der Waals surface area contributed by atoms with Crippen LogP contribution in [0.2, 0.25) is 0 Å². The highest BCUT2D eigenvalue weighted by atomic mass is 19.1. The number of hydrogen-bond donors (Lipinski definition) is 2. The summed E-state index contributed by atoms with van der Waals surface area (Å²) >= 11 is 0. The number of anilines is 2. The van der Waals surface area contributed by atoms with Crippen LogP contribution in [-0.4, -0.2) is 39.7 Å². The minimum Gasteiger partial charge on any atom is -0.315 e. The normalized spacial score (nSPS) is 10.8. The Morgan fingerprint density at radius 1 is 0.923 bits per heavy atom. The Bertz CT molecular complexity index is 1420. The molecule has 0 saturated heterocycles. The number of aryl methyl sites for hydroxylation is 1. The van der Waals surface area contributed by atoms with Crippen molar-refractivity contribution in [2.45, 2.75) is 40.0 Å². The maximum absolute atomic E-state index is 13.6. The van der Waals surface area contributed by atoms with Crippen molar-refractivity contribution in [1.82, 2.24) is 14.7 Å². The summed E-state index contributed by atoms with van der Waals surface area (Å²) in [6.45, 7) is 6.36. The second kappa shape index (κ2) is 12.9. The van der Waals surface area contributed by atoms with Gasteiger partial charge in [0.15, 0.2) is 0 Å². The van der Waals surface area contributed by atoms with Crippen LogP contribution in [0.5, 0.6) is 0 Å². The summed E-state index contributed by atoms with van der Waals surface area (Å²) < 4.78 is 15.2. The highest BCUT2D eigenvalue weighted by Gasteiger charge is 2.20. The number of benzene rings is 3. The molecule has 0 aliphatic carbocycles. The molecule has 202 valence electrons. The first-order chi connectivity index (χ1) is 18.9. The van der Waals surface area contributed by atoms with Gasteiger partial charge in [0.05, 0.1) is 11.4 Å². The monoisotopic (exact) mass is 527 g/mol. The van der Waals surface area contributed by atoms with Gasteiger partial charge in [0.2, 0.25) is 5.91 Å². The van der Waals surface area contributed by atoms with E-state index in [1.54, 1.807) is 22.9 Å². The molecule has 1 heterocycles. The van der Waals surface area contributed by atoms with Crippen LogP contribution in [0, 0.1) is 19.7 Å². The molecule has 1 aromatic heterocycles. The minimum absolute atomic E-state index is 0.129. The maximum Gasteiger partial charge on any atom is 0.322 e. The molecule has 0 aliphatic rings. The van der Waals surface area contributed by atoms with Crippen molar-refractivity contribution in [2.24, 2.45) is 0 Å². The fourth-order valence-electron chi connectivity index (χ4n) is 4.24. The average Bonchev–Trinajstić information content (AvgIpc) is 3.35. The molecule has 7 nitrogen and oxygen atoms in total. The molecule has 39 heavy (non-hydrogen) atoms. The number of carbonyl (C=O) groups is 2. The molecule has 8 heteroatoms. The van der Waals surface area contributed by atoms with E-state index in [-0.39, 0.29) is 24.3 Å². The van der Waals surface area contributed by atoms with E-state index < -0.39 is 0 Å². The summed E-state index contributed by atoms with van der Waals surface area (Å²) in [5.41, 5.74) is 4.92. The molecule has 4 aromatic rings. The molecule has 0 unspecified atom stereocenters. The van der Waals surface area contributed by atoms with Crippen molar-refractivity contribution in [3.8, 4) is 16.9 Å². The Morgan fingerprint density at radius 2 is 1.67 bits per heavy atom. The molecule has 2 N–H and O–H groups in total. The molecular weight excluding hydrogens is 493 g/mol. The number of nitrogens with one attached hydrogen (secondary N) is 2. The standard InChI is InChI=1S/C31H34FN5O2/c1-4-5-9-19-36(31(39)33-27-14-10-11-22(2)23(27)3)21-30(38)34-29-20-28(24-12-7-6-8-13-24)35-37(29)26-17-15-25(32)16-18-26/h6-8,10-18,20H,4-5,9,19,21H2,1-3H3,(H,33,39)(H,34,38). The number of unbranched alkanes of at least 4 members (excludes halogenated alkanes) is 2. The molecule has 4 rings (SSSR count). The van der Waals surface area contributed by atoms with Gasteiger partial charge in [-0.25, -0.2) is 13.9 Å². The maximum atomic E-state index is 13.6. The predicted octanol–water partition coefficient (Wildman–Crippen LogP) is 6.96. The Labute approximate surface area is 228 Å². The summed E-state index contributed by atoms with van der Waals surface area (Å²) in [4.78, 5) is 28.1. The van der Waals surface area contributed by atoms with E-state index in [2.05, 4.69) is 22.7 Å². The number of hydrogen-bond acceptors (Lipinski definition) is 3. The smallest absolute Gasteiger partial charge is 0.315 e. The fourth-order valence-corrected chi connectivity index (χ4v) is 4.24. The third-order valence-corrected chi connectivity index (χ3v) is 6.62. The highest BCUT2D eigenvalue weighted by Crippen LogP contribution is 2.25. The second-order valence-electron chi connectivity index (χ2n) is 9.52. The molecule has 3 amide bonds. The average molecular weight is 528 g/mol. The number of urea groups is 1. The van der Waals surface area contributed by atoms with E-state index in [1.165, 1.54) is 17.0 Å². The summed E-state index contributed by atoms with van der Waals surface area (Å²) in [5, 5.41) is 10.6. The van der Waals surface area contributed by atoms with Gasteiger partial charge in [-0.15, -0.1) is 0 Å². The van der Waals surface area contributed by atoms with Crippen LogP contribution in [0.25, 0.3) is 16.9 Å². The van der Waals surface area contributed by atoms with E-state index >= 15 is 0 Å². The van der Waals surface area contributed by atoms with Crippen LogP contribution in [-0.2, 0) is 4.79 Å². The summed E-state index contributed by atoms with van der Waals surface area (Å²) in [6.07, 6.45) is 2.74. The molecule has 0 saturated carbocycles. The zero-order valence-corrected chi connectivity index (χ0v) is 22.6. The lowest BCUT2D eigenvalue weighted by Gasteiger charge is -2.23. The van der Waals surface area contributed by atoms with Gasteiger partial charge < -0.3 is 15.5 Å².